The zero-order chi connectivity index (χ0) is 24.5. The van der Waals surface area contributed by atoms with Crippen molar-refractivity contribution in [2.75, 3.05) is 14.2 Å². The number of carbonyl (C=O) groups excluding carboxylic acids is 3. The van der Waals surface area contributed by atoms with Gasteiger partial charge in [0.25, 0.3) is 0 Å². The van der Waals surface area contributed by atoms with Gasteiger partial charge in [0.2, 0.25) is 9.84 Å². The quantitative estimate of drug-likeness (QED) is 0.475. The Kier molecular flexibility index (Phi) is 6.27. The fraction of sp³-hybridized carbons (Fsp3) is 0.269. The van der Waals surface area contributed by atoms with Crippen LogP contribution in [-0.4, -0.2) is 40.4 Å². The van der Waals surface area contributed by atoms with Gasteiger partial charge in [0.1, 0.15) is 0 Å². The van der Waals surface area contributed by atoms with Crippen LogP contribution in [0.25, 0.3) is 5.57 Å². The minimum Gasteiger partial charge on any atom is -0.468 e. The second-order valence-corrected chi connectivity index (χ2v) is 10.3. The Labute approximate surface area is 198 Å². The number of Topliss-reactive ketones (excluding diaryl/α,β-unsaturated/α-hetero) is 1. The highest BCUT2D eigenvalue weighted by atomic mass is 32.2. The topological polar surface area (TPSA) is 104 Å². The normalized spacial score (nSPS) is 17.8. The molecule has 0 radical (unpaired) electrons. The molecule has 0 atom stereocenters. The van der Waals surface area contributed by atoms with Crippen molar-refractivity contribution >= 4 is 33.1 Å². The predicted octanol–water partition coefficient (Wildman–Crippen LogP) is 3.66. The van der Waals surface area contributed by atoms with Crippen molar-refractivity contribution in [3.05, 3.63) is 82.3 Å². The van der Waals surface area contributed by atoms with Crippen LogP contribution in [0.5, 0.6) is 0 Å². The first-order valence-corrected chi connectivity index (χ1v) is 12.3. The molecule has 8 heteroatoms. The first-order chi connectivity index (χ1) is 16.3. The van der Waals surface area contributed by atoms with Gasteiger partial charge in [-0.1, -0.05) is 48.5 Å². The van der Waals surface area contributed by atoms with E-state index in [4.69, 9.17) is 9.47 Å². The van der Waals surface area contributed by atoms with Gasteiger partial charge in [0.15, 0.2) is 11.2 Å². The van der Waals surface area contributed by atoms with Crippen LogP contribution in [0.1, 0.15) is 31.2 Å². The maximum absolute atomic E-state index is 13.7. The van der Waals surface area contributed by atoms with E-state index in [0.717, 1.165) is 0 Å². The number of sulfone groups is 1. The van der Waals surface area contributed by atoms with Crippen LogP contribution in [0.15, 0.2) is 81.6 Å². The summed E-state index contributed by atoms with van der Waals surface area (Å²) in [4.78, 5) is 39.3. The molecule has 0 saturated carbocycles. The first kappa shape index (κ1) is 23.6. The Bertz CT molecular complexity index is 1300. The summed E-state index contributed by atoms with van der Waals surface area (Å²) < 4.78 is 37.4. The van der Waals surface area contributed by atoms with Gasteiger partial charge in [-0.2, -0.15) is 0 Å². The molecule has 0 bridgehead atoms. The fourth-order valence-corrected chi connectivity index (χ4v) is 6.50. The molecular weight excluding hydrogens is 456 g/mol. The molecule has 0 saturated heterocycles. The Morgan fingerprint density at radius 3 is 1.97 bits per heavy atom. The van der Waals surface area contributed by atoms with Crippen molar-refractivity contribution in [1.82, 2.24) is 0 Å². The van der Waals surface area contributed by atoms with Crippen LogP contribution in [0, 0.1) is 5.41 Å². The third-order valence-electron chi connectivity index (χ3n) is 6.47. The summed E-state index contributed by atoms with van der Waals surface area (Å²) >= 11 is 0. The molecule has 0 fully saturated rings. The van der Waals surface area contributed by atoms with Crippen LogP contribution in [0.3, 0.4) is 0 Å². The molecule has 0 aromatic heterocycles. The van der Waals surface area contributed by atoms with E-state index in [1.165, 1.54) is 26.4 Å². The van der Waals surface area contributed by atoms with E-state index < -0.39 is 27.2 Å². The zero-order valence-electron chi connectivity index (χ0n) is 18.9. The summed E-state index contributed by atoms with van der Waals surface area (Å²) in [5.41, 5.74) is -0.140. The Balaban J connectivity index is 2.02. The van der Waals surface area contributed by atoms with Crippen molar-refractivity contribution in [2.45, 2.75) is 30.6 Å². The van der Waals surface area contributed by atoms with E-state index in [2.05, 4.69) is 0 Å². The van der Waals surface area contributed by atoms with Gasteiger partial charge < -0.3 is 9.47 Å². The third-order valence-corrected chi connectivity index (χ3v) is 8.46. The molecule has 2 aliphatic rings. The maximum atomic E-state index is 13.7. The number of benzene rings is 2. The second kappa shape index (κ2) is 9.02. The van der Waals surface area contributed by atoms with E-state index >= 15 is 0 Å². The van der Waals surface area contributed by atoms with Gasteiger partial charge in [-0.05, 0) is 41.7 Å². The van der Waals surface area contributed by atoms with Crippen molar-refractivity contribution < 1.29 is 32.3 Å². The summed E-state index contributed by atoms with van der Waals surface area (Å²) in [7, 11) is -1.66. The first-order valence-electron chi connectivity index (χ1n) is 10.8. The number of esters is 2. The lowest BCUT2D eigenvalue weighted by atomic mass is 9.77. The zero-order valence-corrected chi connectivity index (χ0v) is 19.7. The maximum Gasteiger partial charge on any atom is 0.323 e. The Morgan fingerprint density at radius 2 is 1.41 bits per heavy atom. The Hall–Kier alpha value is -3.52. The lowest BCUT2D eigenvalue weighted by Crippen LogP contribution is -2.41. The number of hydrogen-bond donors (Lipinski definition) is 0. The molecule has 34 heavy (non-hydrogen) atoms. The van der Waals surface area contributed by atoms with Gasteiger partial charge >= 0.3 is 11.9 Å². The fourth-order valence-electron chi connectivity index (χ4n) is 4.81. The number of fused-ring (bicyclic) bond motifs is 1. The lowest BCUT2D eigenvalue weighted by molar-refractivity contribution is -0.169. The van der Waals surface area contributed by atoms with Crippen molar-refractivity contribution in [2.24, 2.45) is 5.41 Å². The van der Waals surface area contributed by atoms with E-state index in [0.29, 0.717) is 22.3 Å². The molecule has 0 N–H and O–H groups in total. The third kappa shape index (κ3) is 3.77. The average Bonchev–Trinajstić information content (AvgIpc) is 3.07. The van der Waals surface area contributed by atoms with Gasteiger partial charge in [0.05, 0.1) is 24.0 Å². The molecular formula is C26H24O7S. The average molecular weight is 481 g/mol. The number of ether oxygens (including phenoxy) is 2. The summed E-state index contributed by atoms with van der Waals surface area (Å²) in [6.07, 6.45) is -0.558. The molecule has 0 aliphatic heterocycles. The number of rotatable bonds is 5. The lowest BCUT2D eigenvalue weighted by Gasteiger charge is -2.27. The predicted molar refractivity (Wildman–Crippen MR) is 124 cm³/mol. The number of allylic oxidation sites excluding steroid dienone is 4. The molecule has 7 nitrogen and oxygen atoms in total. The molecule has 2 aromatic rings. The van der Waals surface area contributed by atoms with E-state index in [1.807, 2.05) is 0 Å². The van der Waals surface area contributed by atoms with Crippen LogP contribution in [0.4, 0.5) is 0 Å². The smallest absolute Gasteiger partial charge is 0.323 e. The molecule has 4 rings (SSSR count). The molecule has 176 valence electrons. The minimum atomic E-state index is -3.99. The summed E-state index contributed by atoms with van der Waals surface area (Å²) in [5, 5.41) is 0. The highest BCUT2D eigenvalue weighted by molar-refractivity contribution is 7.95. The SMILES string of the molecule is COC(=O)C1(C(=O)OC)CCC(S(=O)(=O)c2ccccc2)=C2CC(=O)C(c3ccccc3)=C2C1. The van der Waals surface area contributed by atoms with Gasteiger partial charge in [0, 0.05) is 18.4 Å². The van der Waals surface area contributed by atoms with Crippen LogP contribution in [-0.2, 0) is 33.7 Å². The molecule has 0 amide bonds. The van der Waals surface area contributed by atoms with Crippen LogP contribution < -0.4 is 0 Å². The molecule has 0 spiro atoms. The monoisotopic (exact) mass is 480 g/mol. The van der Waals surface area contributed by atoms with Crippen molar-refractivity contribution in [3.63, 3.8) is 0 Å². The largest absolute Gasteiger partial charge is 0.468 e. The summed E-state index contributed by atoms with van der Waals surface area (Å²) in [6, 6.07) is 16.8. The number of carbonyl (C=O) groups is 3. The van der Waals surface area contributed by atoms with E-state index in [1.54, 1.807) is 48.5 Å². The van der Waals surface area contributed by atoms with E-state index in [9.17, 15) is 22.8 Å². The molecule has 2 aliphatic carbocycles. The van der Waals surface area contributed by atoms with Gasteiger partial charge in [-0.3, -0.25) is 14.4 Å². The highest BCUT2D eigenvalue weighted by Crippen LogP contribution is 2.50. The standard InChI is InChI=1S/C26H24O7S/c1-32-24(28)26(25(29)33-2)14-13-22(34(30,31)18-11-7-4-8-12-18)19-15-21(27)23(20(19)16-26)17-9-5-3-6-10-17/h3-12H,13-16H2,1-2H3. The van der Waals surface area contributed by atoms with E-state index in [-0.39, 0.29) is 41.3 Å². The van der Waals surface area contributed by atoms with Crippen molar-refractivity contribution in [1.29, 1.82) is 0 Å². The van der Waals surface area contributed by atoms with Crippen LogP contribution in [0.2, 0.25) is 0 Å². The molecule has 0 unspecified atom stereocenters. The highest BCUT2D eigenvalue weighted by Gasteiger charge is 2.53. The van der Waals surface area contributed by atoms with Gasteiger partial charge in [-0.15, -0.1) is 0 Å². The number of methoxy groups -OCH3 is 2. The summed E-state index contributed by atoms with van der Waals surface area (Å²) in [5.74, 6) is -1.91. The van der Waals surface area contributed by atoms with Crippen molar-refractivity contribution in [3.8, 4) is 0 Å². The molecule has 0 heterocycles. The second-order valence-electron chi connectivity index (χ2n) is 8.28. The number of ketones is 1. The number of hydrogen-bond acceptors (Lipinski definition) is 7. The minimum absolute atomic E-state index is 0.0441. The molecule has 2 aromatic carbocycles. The Morgan fingerprint density at radius 1 is 0.853 bits per heavy atom. The summed E-state index contributed by atoms with van der Waals surface area (Å²) in [6.45, 7) is 0. The van der Waals surface area contributed by atoms with Crippen LogP contribution >= 0.6 is 0 Å². The van der Waals surface area contributed by atoms with Gasteiger partial charge in [-0.25, -0.2) is 8.42 Å².